The van der Waals surface area contributed by atoms with Crippen molar-refractivity contribution in [3.05, 3.63) is 69.4 Å². The molecule has 0 saturated carbocycles. The van der Waals surface area contributed by atoms with Crippen LogP contribution >= 0.6 is 0 Å². The number of carbonyl (C=O) groups is 1. The number of aryl methyl sites for hydroxylation is 1. The van der Waals surface area contributed by atoms with Gasteiger partial charge in [0.05, 0.1) is 12.1 Å². The van der Waals surface area contributed by atoms with E-state index >= 15 is 0 Å². The maximum Gasteiger partial charge on any atom is 0.267 e. The fourth-order valence-corrected chi connectivity index (χ4v) is 3.14. The van der Waals surface area contributed by atoms with Crippen LogP contribution in [0.2, 0.25) is 0 Å². The smallest absolute Gasteiger partial charge is 0.267 e. The van der Waals surface area contributed by atoms with Crippen molar-refractivity contribution in [2.45, 2.75) is 32.9 Å². The summed E-state index contributed by atoms with van der Waals surface area (Å²) in [5.74, 6) is -1.59. The van der Waals surface area contributed by atoms with Gasteiger partial charge >= 0.3 is 0 Å². The summed E-state index contributed by atoms with van der Waals surface area (Å²) < 4.78 is 14.5. The van der Waals surface area contributed by atoms with Crippen LogP contribution in [0.25, 0.3) is 11.0 Å². The Balaban J connectivity index is 2.09. The number of hydrogen-bond acceptors (Lipinski definition) is 5. The van der Waals surface area contributed by atoms with Gasteiger partial charge in [-0.15, -0.1) is 0 Å². The Kier molecular flexibility index (Phi) is 5.93. The van der Waals surface area contributed by atoms with Crippen LogP contribution in [-0.2, 0) is 13.0 Å². The first-order valence-electron chi connectivity index (χ1n) is 9.26. The minimum atomic E-state index is -0.768. The highest BCUT2D eigenvalue weighted by Crippen LogP contribution is 2.26. The molecule has 0 aliphatic heterocycles. The van der Waals surface area contributed by atoms with E-state index < -0.39 is 28.8 Å². The van der Waals surface area contributed by atoms with E-state index in [0.29, 0.717) is 11.9 Å². The topological polar surface area (TPSA) is 104 Å². The highest BCUT2D eigenvalue weighted by molar-refractivity contribution is 6.01. The molecule has 0 spiro atoms. The molecule has 8 heteroatoms. The third-order valence-electron chi connectivity index (χ3n) is 4.65. The Morgan fingerprint density at radius 3 is 2.59 bits per heavy atom. The number of nitrogens with one attached hydrogen (secondary N) is 1. The van der Waals surface area contributed by atoms with Gasteiger partial charge in [-0.2, -0.15) is 0 Å². The van der Waals surface area contributed by atoms with Crippen LogP contribution in [0.15, 0.2) is 41.3 Å². The van der Waals surface area contributed by atoms with E-state index in [2.05, 4.69) is 10.3 Å². The second kappa shape index (κ2) is 8.40. The molecule has 1 amide bonds. The molecule has 2 heterocycles. The Bertz CT molecular complexity index is 1110. The number of amides is 1. The first-order chi connectivity index (χ1) is 13.8. The Morgan fingerprint density at radius 2 is 1.97 bits per heavy atom. The third-order valence-corrected chi connectivity index (χ3v) is 4.65. The Morgan fingerprint density at radius 1 is 1.28 bits per heavy atom. The third kappa shape index (κ3) is 4.12. The van der Waals surface area contributed by atoms with Crippen LogP contribution in [0.5, 0.6) is 5.75 Å². The zero-order valence-corrected chi connectivity index (χ0v) is 16.1. The van der Waals surface area contributed by atoms with Crippen molar-refractivity contribution in [2.75, 3.05) is 6.61 Å². The van der Waals surface area contributed by atoms with E-state index in [0.717, 1.165) is 11.1 Å². The van der Waals surface area contributed by atoms with Gasteiger partial charge in [0.2, 0.25) is 0 Å². The molecule has 3 N–H and O–H groups in total. The van der Waals surface area contributed by atoms with Gasteiger partial charge in [-0.1, -0.05) is 12.1 Å². The summed E-state index contributed by atoms with van der Waals surface area (Å²) in [6.07, 6.45) is 2.02. The fourth-order valence-electron chi connectivity index (χ4n) is 3.14. The number of fused-ring (bicyclic) bond motifs is 1. The number of aliphatic hydroxyl groups excluding tert-OH is 1. The maximum absolute atomic E-state index is 13.1. The molecular weight excluding hydrogens is 377 g/mol. The lowest BCUT2D eigenvalue weighted by atomic mass is 10.1. The Labute approximate surface area is 166 Å². The zero-order valence-electron chi connectivity index (χ0n) is 16.1. The van der Waals surface area contributed by atoms with Crippen LogP contribution in [-0.4, -0.2) is 38.3 Å². The van der Waals surface area contributed by atoms with Crippen molar-refractivity contribution in [1.82, 2.24) is 14.9 Å². The van der Waals surface area contributed by atoms with Crippen molar-refractivity contribution < 1.29 is 19.4 Å². The number of carbonyl (C=O) groups excluding carboxylic acids is 1. The first kappa shape index (κ1) is 20.5. The molecule has 2 aromatic heterocycles. The number of hydrogen-bond donors (Lipinski definition) is 3. The lowest BCUT2D eigenvalue weighted by molar-refractivity contribution is 0.0917. The van der Waals surface area contributed by atoms with Gasteiger partial charge in [0, 0.05) is 18.8 Å². The molecule has 152 valence electrons. The highest BCUT2D eigenvalue weighted by atomic mass is 19.1. The fraction of sp³-hybridized carbons (Fsp3) is 0.286. The highest BCUT2D eigenvalue weighted by Gasteiger charge is 2.23. The number of halogens is 1. The van der Waals surface area contributed by atoms with Crippen molar-refractivity contribution in [1.29, 1.82) is 0 Å². The summed E-state index contributed by atoms with van der Waals surface area (Å²) in [6, 6.07) is 7.23. The number of pyridine rings is 2. The summed E-state index contributed by atoms with van der Waals surface area (Å²) in [5, 5.41) is 22.2. The minimum Gasteiger partial charge on any atom is -0.505 e. The van der Waals surface area contributed by atoms with E-state index in [4.69, 9.17) is 5.11 Å². The minimum absolute atomic E-state index is 0.135. The van der Waals surface area contributed by atoms with Crippen LogP contribution in [0.1, 0.15) is 35.3 Å². The van der Waals surface area contributed by atoms with E-state index in [1.54, 1.807) is 38.2 Å². The summed E-state index contributed by atoms with van der Waals surface area (Å²) in [5.41, 5.74) is 1.14. The van der Waals surface area contributed by atoms with Gasteiger partial charge < -0.3 is 20.1 Å². The molecule has 1 aromatic carbocycles. The first-order valence-corrected chi connectivity index (χ1v) is 9.26. The zero-order chi connectivity index (χ0) is 21.1. The second-order valence-corrected chi connectivity index (χ2v) is 6.84. The van der Waals surface area contributed by atoms with Gasteiger partial charge in [-0.25, -0.2) is 4.39 Å². The van der Waals surface area contributed by atoms with Crippen molar-refractivity contribution in [3.63, 3.8) is 0 Å². The molecule has 1 atom stereocenters. The van der Waals surface area contributed by atoms with Crippen LogP contribution in [0.4, 0.5) is 4.39 Å². The number of aromatic hydroxyl groups is 1. The molecule has 0 saturated heterocycles. The molecule has 1 unspecified atom stereocenters. The van der Waals surface area contributed by atoms with Crippen LogP contribution in [0.3, 0.4) is 0 Å². The molecule has 3 aromatic rings. The van der Waals surface area contributed by atoms with E-state index in [9.17, 15) is 19.1 Å². The lowest BCUT2D eigenvalue weighted by Gasteiger charge is -2.15. The summed E-state index contributed by atoms with van der Waals surface area (Å²) in [7, 11) is 0. The Hall–Kier alpha value is -3.26. The summed E-state index contributed by atoms with van der Waals surface area (Å²) in [6.45, 7) is 3.30. The van der Waals surface area contributed by atoms with Crippen molar-refractivity contribution in [3.8, 4) is 5.75 Å². The standard InChI is InChI=1S/C21H22FN3O4/c1-3-25-16-9-14(8-13-4-6-15(22)7-5-13)10-23-18(16)19(27)17(21(25)29)20(28)24-12(2)11-26/h4-7,9-10,12,26-27H,3,8,11H2,1-2H3,(H,24,28). The van der Waals surface area contributed by atoms with Crippen LogP contribution < -0.4 is 10.9 Å². The van der Waals surface area contributed by atoms with E-state index in [1.807, 2.05) is 0 Å². The average molecular weight is 399 g/mol. The lowest BCUT2D eigenvalue weighted by Crippen LogP contribution is -2.39. The van der Waals surface area contributed by atoms with Crippen molar-refractivity contribution in [2.24, 2.45) is 0 Å². The largest absolute Gasteiger partial charge is 0.505 e. The molecular formula is C21H22FN3O4. The molecule has 29 heavy (non-hydrogen) atoms. The average Bonchev–Trinajstić information content (AvgIpc) is 2.70. The number of aromatic nitrogens is 2. The van der Waals surface area contributed by atoms with Crippen LogP contribution in [0, 0.1) is 5.82 Å². The molecule has 0 fully saturated rings. The summed E-state index contributed by atoms with van der Waals surface area (Å²) in [4.78, 5) is 29.6. The normalized spacial score (nSPS) is 12.1. The second-order valence-electron chi connectivity index (χ2n) is 6.84. The SMILES string of the molecule is CCn1c(=O)c(C(=O)NC(C)CO)c(O)c2ncc(Cc3ccc(F)cc3)cc21. The number of nitrogens with zero attached hydrogens (tertiary/aromatic N) is 2. The van der Waals surface area contributed by atoms with Gasteiger partial charge in [0.15, 0.2) is 5.75 Å². The monoisotopic (exact) mass is 399 g/mol. The van der Waals surface area contributed by atoms with Gasteiger partial charge in [0.1, 0.15) is 16.9 Å². The number of aliphatic hydroxyl groups is 1. The molecule has 0 aliphatic carbocycles. The molecule has 0 bridgehead atoms. The predicted molar refractivity (Wildman–Crippen MR) is 107 cm³/mol. The number of benzene rings is 1. The van der Waals surface area contributed by atoms with E-state index in [-0.39, 0.29) is 24.5 Å². The molecule has 7 nitrogen and oxygen atoms in total. The van der Waals surface area contributed by atoms with Gasteiger partial charge in [-0.05, 0) is 49.6 Å². The molecule has 0 radical (unpaired) electrons. The maximum atomic E-state index is 13.1. The summed E-state index contributed by atoms with van der Waals surface area (Å²) >= 11 is 0. The number of rotatable bonds is 6. The van der Waals surface area contributed by atoms with E-state index in [1.165, 1.54) is 16.7 Å². The molecule has 0 aliphatic rings. The molecule has 3 rings (SSSR count). The predicted octanol–water partition coefficient (Wildman–Crippen LogP) is 1.96. The van der Waals surface area contributed by atoms with Gasteiger partial charge in [0.25, 0.3) is 11.5 Å². The quantitative estimate of drug-likeness (QED) is 0.588. The van der Waals surface area contributed by atoms with Gasteiger partial charge in [-0.3, -0.25) is 14.6 Å². The van der Waals surface area contributed by atoms with Crippen molar-refractivity contribution >= 4 is 16.9 Å².